The predicted molar refractivity (Wildman–Crippen MR) is 97.6 cm³/mol. The lowest BCUT2D eigenvalue weighted by atomic mass is 9.92. The maximum Gasteiger partial charge on any atom is 0.264 e. The van der Waals surface area contributed by atoms with Crippen LogP contribution in [0.3, 0.4) is 0 Å². The standard InChI is InChI=1S/C20H14N2O2S/c1-22-20-17(16-9-5-6-10-18(16)25(22,23)24)12-11-15(13-21)19(20)14-7-3-2-4-8-14/h2-12H,1H3. The van der Waals surface area contributed by atoms with E-state index in [9.17, 15) is 13.7 Å². The minimum atomic E-state index is -3.67. The lowest BCUT2D eigenvalue weighted by Gasteiger charge is -2.31. The fraction of sp³-hybridized carbons (Fsp3) is 0.0500. The SMILES string of the molecule is CN1c2c(ccc(C#N)c2-c2ccccc2)-c2ccccc2S1(=O)=O. The Labute approximate surface area is 146 Å². The Bertz CT molecular complexity index is 1130. The molecular formula is C20H14N2O2S. The highest BCUT2D eigenvalue weighted by Gasteiger charge is 2.34. The van der Waals surface area contributed by atoms with E-state index in [2.05, 4.69) is 6.07 Å². The van der Waals surface area contributed by atoms with Crippen molar-refractivity contribution in [1.82, 2.24) is 0 Å². The summed E-state index contributed by atoms with van der Waals surface area (Å²) in [6, 6.07) is 22.1. The Kier molecular flexibility index (Phi) is 3.38. The number of fused-ring (bicyclic) bond motifs is 3. The van der Waals surface area contributed by atoms with E-state index in [4.69, 9.17) is 0 Å². The summed E-state index contributed by atoms with van der Waals surface area (Å²) in [5.74, 6) is 0. The molecule has 0 atom stereocenters. The number of benzene rings is 3. The molecule has 0 spiro atoms. The van der Waals surface area contributed by atoms with Gasteiger partial charge in [0.1, 0.15) is 0 Å². The topological polar surface area (TPSA) is 61.2 Å². The van der Waals surface area contributed by atoms with Gasteiger partial charge in [-0.1, -0.05) is 54.6 Å². The van der Waals surface area contributed by atoms with Gasteiger partial charge in [-0.05, 0) is 17.7 Å². The largest absolute Gasteiger partial charge is 0.268 e. The number of hydrogen-bond acceptors (Lipinski definition) is 3. The molecule has 1 aliphatic heterocycles. The second kappa shape index (κ2) is 5.47. The van der Waals surface area contributed by atoms with Gasteiger partial charge in [0.2, 0.25) is 0 Å². The molecule has 4 nitrogen and oxygen atoms in total. The summed E-state index contributed by atoms with van der Waals surface area (Å²) in [6.07, 6.45) is 0. The van der Waals surface area contributed by atoms with Crippen LogP contribution in [0.1, 0.15) is 5.56 Å². The van der Waals surface area contributed by atoms with Crippen LogP contribution in [0.25, 0.3) is 22.3 Å². The van der Waals surface area contributed by atoms with E-state index >= 15 is 0 Å². The molecule has 0 radical (unpaired) electrons. The molecule has 4 rings (SSSR count). The van der Waals surface area contributed by atoms with E-state index in [0.717, 1.165) is 11.1 Å². The first kappa shape index (κ1) is 15.4. The number of anilines is 1. The van der Waals surface area contributed by atoms with Crippen molar-refractivity contribution in [2.45, 2.75) is 4.90 Å². The third kappa shape index (κ3) is 2.15. The van der Waals surface area contributed by atoms with Crippen molar-refractivity contribution in [3.63, 3.8) is 0 Å². The summed E-state index contributed by atoms with van der Waals surface area (Å²) >= 11 is 0. The van der Waals surface area contributed by atoms with Crippen molar-refractivity contribution in [1.29, 1.82) is 5.26 Å². The highest BCUT2D eigenvalue weighted by Crippen LogP contribution is 2.48. The van der Waals surface area contributed by atoms with Crippen LogP contribution >= 0.6 is 0 Å². The molecule has 25 heavy (non-hydrogen) atoms. The molecule has 0 unspecified atom stereocenters. The van der Waals surface area contributed by atoms with Crippen LogP contribution in [0, 0.1) is 11.3 Å². The van der Waals surface area contributed by atoms with Crippen LogP contribution in [0.5, 0.6) is 0 Å². The molecule has 0 aliphatic carbocycles. The summed E-state index contributed by atoms with van der Waals surface area (Å²) in [5, 5.41) is 9.57. The van der Waals surface area contributed by atoms with E-state index in [0.29, 0.717) is 22.4 Å². The second-order valence-corrected chi connectivity index (χ2v) is 7.77. The normalized spacial score (nSPS) is 14.3. The molecule has 1 aliphatic rings. The quantitative estimate of drug-likeness (QED) is 0.668. The summed E-state index contributed by atoms with van der Waals surface area (Å²) in [7, 11) is -2.13. The van der Waals surface area contributed by atoms with Gasteiger partial charge in [-0.2, -0.15) is 5.26 Å². The smallest absolute Gasteiger partial charge is 0.264 e. The Morgan fingerprint density at radius 1 is 0.880 bits per heavy atom. The van der Waals surface area contributed by atoms with Gasteiger partial charge in [-0.25, -0.2) is 8.42 Å². The highest BCUT2D eigenvalue weighted by molar-refractivity contribution is 7.93. The van der Waals surface area contributed by atoms with Crippen LogP contribution in [-0.4, -0.2) is 15.5 Å². The van der Waals surface area contributed by atoms with Crippen molar-refractivity contribution in [3.05, 3.63) is 72.3 Å². The molecule has 0 bridgehead atoms. The molecule has 0 aromatic heterocycles. The van der Waals surface area contributed by atoms with Gasteiger partial charge in [-0.3, -0.25) is 4.31 Å². The molecule has 1 heterocycles. The fourth-order valence-electron chi connectivity index (χ4n) is 3.31. The zero-order valence-electron chi connectivity index (χ0n) is 13.5. The molecule has 0 saturated heterocycles. The Balaban J connectivity index is 2.17. The summed E-state index contributed by atoms with van der Waals surface area (Å²) < 4.78 is 27.3. The number of nitrogens with zero attached hydrogens (tertiary/aromatic N) is 2. The molecule has 3 aromatic rings. The summed E-state index contributed by atoms with van der Waals surface area (Å²) in [6.45, 7) is 0. The number of sulfonamides is 1. The van der Waals surface area contributed by atoms with Gasteiger partial charge in [0.05, 0.1) is 22.2 Å². The van der Waals surface area contributed by atoms with E-state index in [1.807, 2.05) is 42.5 Å². The molecule has 3 aromatic carbocycles. The van der Waals surface area contributed by atoms with Crippen LogP contribution < -0.4 is 4.31 Å². The lowest BCUT2D eigenvalue weighted by Crippen LogP contribution is -2.31. The van der Waals surface area contributed by atoms with E-state index in [1.54, 1.807) is 24.3 Å². The van der Waals surface area contributed by atoms with Gasteiger partial charge < -0.3 is 0 Å². The second-order valence-electron chi connectivity index (χ2n) is 5.83. The number of rotatable bonds is 1. The van der Waals surface area contributed by atoms with Crippen molar-refractivity contribution >= 4 is 15.7 Å². The van der Waals surface area contributed by atoms with E-state index in [1.165, 1.54) is 11.4 Å². The fourth-order valence-corrected chi connectivity index (χ4v) is 4.74. The highest BCUT2D eigenvalue weighted by atomic mass is 32.2. The molecule has 122 valence electrons. The first-order valence-corrected chi connectivity index (χ1v) is 9.20. The zero-order chi connectivity index (χ0) is 17.6. The monoisotopic (exact) mass is 346 g/mol. The molecule has 0 N–H and O–H groups in total. The number of hydrogen-bond donors (Lipinski definition) is 0. The Hall–Kier alpha value is -3.10. The van der Waals surface area contributed by atoms with E-state index < -0.39 is 10.0 Å². The summed E-state index contributed by atoms with van der Waals surface area (Å²) in [5.41, 5.74) is 3.93. The van der Waals surface area contributed by atoms with Crippen molar-refractivity contribution in [2.75, 3.05) is 11.4 Å². The average molecular weight is 346 g/mol. The molecule has 0 amide bonds. The van der Waals surface area contributed by atoms with Crippen LogP contribution in [0.2, 0.25) is 0 Å². The van der Waals surface area contributed by atoms with Gasteiger partial charge in [0, 0.05) is 23.7 Å². The van der Waals surface area contributed by atoms with Gasteiger partial charge in [-0.15, -0.1) is 0 Å². The molecule has 0 fully saturated rings. The summed E-state index contributed by atoms with van der Waals surface area (Å²) in [4.78, 5) is 0.286. The molecule has 0 saturated carbocycles. The van der Waals surface area contributed by atoms with Crippen molar-refractivity contribution in [2.24, 2.45) is 0 Å². The van der Waals surface area contributed by atoms with Crippen molar-refractivity contribution in [3.8, 4) is 28.3 Å². The maximum absolute atomic E-state index is 13.0. The number of nitriles is 1. The third-order valence-electron chi connectivity index (χ3n) is 4.49. The first-order chi connectivity index (χ1) is 12.1. The minimum absolute atomic E-state index is 0.286. The zero-order valence-corrected chi connectivity index (χ0v) is 14.3. The maximum atomic E-state index is 13.0. The van der Waals surface area contributed by atoms with Crippen LogP contribution in [0.15, 0.2) is 71.6 Å². The lowest BCUT2D eigenvalue weighted by molar-refractivity contribution is 0.594. The van der Waals surface area contributed by atoms with Gasteiger partial charge in [0.25, 0.3) is 10.0 Å². The predicted octanol–water partition coefficient (Wildman–Crippen LogP) is 4.03. The van der Waals surface area contributed by atoms with E-state index in [-0.39, 0.29) is 4.90 Å². The van der Waals surface area contributed by atoms with Gasteiger partial charge in [0.15, 0.2) is 0 Å². The first-order valence-electron chi connectivity index (χ1n) is 7.76. The third-order valence-corrected chi connectivity index (χ3v) is 6.31. The Morgan fingerprint density at radius 2 is 1.56 bits per heavy atom. The van der Waals surface area contributed by atoms with Gasteiger partial charge >= 0.3 is 0 Å². The Morgan fingerprint density at radius 3 is 2.28 bits per heavy atom. The van der Waals surface area contributed by atoms with Crippen LogP contribution in [0.4, 0.5) is 5.69 Å². The average Bonchev–Trinajstić information content (AvgIpc) is 2.66. The van der Waals surface area contributed by atoms with Crippen LogP contribution in [-0.2, 0) is 10.0 Å². The van der Waals surface area contributed by atoms with Crippen molar-refractivity contribution < 1.29 is 8.42 Å². The molecule has 5 heteroatoms. The molecular weight excluding hydrogens is 332 g/mol. The minimum Gasteiger partial charge on any atom is -0.268 e.